The number of likely N-dealkylation sites (N-methyl/N-ethyl adjacent to an activating group) is 1. The van der Waals surface area contributed by atoms with Crippen LogP contribution in [-0.4, -0.2) is 62.4 Å². The van der Waals surface area contributed by atoms with E-state index in [-0.39, 0.29) is 16.8 Å². The lowest BCUT2D eigenvalue weighted by atomic mass is 9.99. The quantitative estimate of drug-likeness (QED) is 0.327. The van der Waals surface area contributed by atoms with Crippen LogP contribution in [0.25, 0.3) is 22.2 Å². The summed E-state index contributed by atoms with van der Waals surface area (Å²) in [5, 5.41) is 13.3. The third-order valence-electron chi connectivity index (χ3n) is 6.17. The van der Waals surface area contributed by atoms with Gasteiger partial charge in [-0.1, -0.05) is 0 Å². The molecule has 0 spiro atoms. The van der Waals surface area contributed by atoms with E-state index in [1.807, 2.05) is 39.8 Å². The van der Waals surface area contributed by atoms with Crippen LogP contribution in [0.3, 0.4) is 0 Å². The number of carbonyl (C=O) groups excluding carboxylic acids is 1. The van der Waals surface area contributed by atoms with Gasteiger partial charge in [-0.05, 0) is 71.1 Å². The number of pyridine rings is 1. The van der Waals surface area contributed by atoms with Crippen molar-refractivity contribution in [1.29, 1.82) is 0 Å². The van der Waals surface area contributed by atoms with Crippen LogP contribution in [0.1, 0.15) is 26.3 Å². The number of anilines is 3. The zero-order valence-corrected chi connectivity index (χ0v) is 23.3. The van der Waals surface area contributed by atoms with E-state index in [1.165, 1.54) is 22.9 Å². The van der Waals surface area contributed by atoms with Gasteiger partial charge in [-0.15, -0.1) is 0 Å². The Bertz CT molecular complexity index is 1580. The van der Waals surface area contributed by atoms with Gasteiger partial charge in [0.15, 0.2) is 0 Å². The first kappa shape index (κ1) is 27.7. The number of hydrogen-bond donors (Lipinski definition) is 3. The van der Waals surface area contributed by atoms with Crippen LogP contribution in [0, 0.1) is 12.7 Å². The third kappa shape index (κ3) is 6.23. The maximum Gasteiger partial charge on any atom is 0.323 e. The summed E-state index contributed by atoms with van der Waals surface area (Å²) < 4.78 is 18.0. The van der Waals surface area contributed by atoms with Crippen LogP contribution in [0.2, 0.25) is 0 Å². The molecule has 0 atom stereocenters. The van der Waals surface area contributed by atoms with Crippen LogP contribution in [-0.2, 0) is 12.6 Å². The molecule has 0 aliphatic heterocycles. The molecule has 0 radical (unpaired) electrons. The van der Waals surface area contributed by atoms with Crippen molar-refractivity contribution in [3.63, 3.8) is 0 Å². The number of rotatable bonds is 7. The van der Waals surface area contributed by atoms with E-state index >= 15 is 0 Å². The molecule has 3 aromatic heterocycles. The van der Waals surface area contributed by atoms with Crippen molar-refractivity contribution in [2.24, 2.45) is 7.05 Å². The van der Waals surface area contributed by atoms with Gasteiger partial charge in [-0.3, -0.25) is 14.0 Å². The highest BCUT2D eigenvalue weighted by atomic mass is 19.1. The van der Waals surface area contributed by atoms with Crippen LogP contribution in [0.4, 0.5) is 26.5 Å². The summed E-state index contributed by atoms with van der Waals surface area (Å²) in [5.41, 5.74) is 1.70. The lowest BCUT2D eigenvalue weighted by molar-refractivity contribution is 0.262. The normalized spacial score (nSPS) is 11.7. The van der Waals surface area contributed by atoms with E-state index < -0.39 is 11.8 Å². The molecule has 0 saturated carbocycles. The highest BCUT2D eigenvalue weighted by Crippen LogP contribution is 2.29. The summed E-state index contributed by atoms with van der Waals surface area (Å²) in [7, 11) is 5.58. The van der Waals surface area contributed by atoms with Crippen molar-refractivity contribution < 1.29 is 9.18 Å². The molecular weight excluding hydrogens is 501 g/mol. The topological polar surface area (TPSA) is 122 Å². The minimum Gasteiger partial charge on any atom is -0.353 e. The van der Waals surface area contributed by atoms with Crippen LogP contribution >= 0.6 is 0 Å². The molecule has 2 amide bonds. The molecule has 4 aromatic rings. The predicted molar refractivity (Wildman–Crippen MR) is 152 cm³/mol. The van der Waals surface area contributed by atoms with E-state index in [2.05, 4.69) is 31.0 Å². The average molecular weight is 536 g/mol. The maximum atomic E-state index is 14.9. The fraction of sp³-hybridized carbons (Fsp3) is 0.370. The first-order valence-corrected chi connectivity index (χ1v) is 12.5. The van der Waals surface area contributed by atoms with E-state index in [0.29, 0.717) is 45.9 Å². The number of benzene rings is 1. The Balaban J connectivity index is 1.62. The average Bonchev–Trinajstić information content (AvgIpc) is 3.32. The molecule has 0 aliphatic carbocycles. The molecule has 11 nitrogen and oxygen atoms in total. The van der Waals surface area contributed by atoms with Crippen molar-refractivity contribution >= 4 is 34.4 Å². The number of aromatic nitrogens is 5. The van der Waals surface area contributed by atoms with Gasteiger partial charge in [0.1, 0.15) is 11.5 Å². The molecule has 0 aliphatic rings. The number of urea groups is 1. The molecule has 0 unspecified atom stereocenters. The number of nitrogens with zero attached hydrogens (tertiary/aromatic N) is 6. The fourth-order valence-electron chi connectivity index (χ4n) is 4.01. The Morgan fingerprint density at radius 3 is 2.51 bits per heavy atom. The SMILES string of the molecule is Cc1cc(F)c(NC(=O)Nc2cnn(C(C)(C)C)c2)cc1-c1cc2cnc(NCCN(C)C)nc2n(C)c1=O. The first-order valence-electron chi connectivity index (χ1n) is 12.5. The molecule has 3 heterocycles. The second kappa shape index (κ2) is 10.8. The lowest BCUT2D eigenvalue weighted by Gasteiger charge is -2.18. The lowest BCUT2D eigenvalue weighted by Crippen LogP contribution is -2.23. The standard InChI is InChI=1S/C27H34FN9O2/c1-16-10-21(28)22(33-26(39)32-18-14-31-37(15-18)27(2,3)4)12-19(16)20-11-17-13-30-25(29-8-9-35(5)6)34-23(17)36(7)24(20)38/h10-15H,8-9H2,1-7H3,(H,29,30,34)(H2,32,33,39). The van der Waals surface area contributed by atoms with E-state index in [0.717, 1.165) is 6.54 Å². The van der Waals surface area contributed by atoms with Crippen molar-refractivity contribution in [2.75, 3.05) is 43.1 Å². The number of aryl methyl sites for hydroxylation is 2. The minimum absolute atomic E-state index is 0.0600. The number of fused-ring (bicyclic) bond motifs is 1. The smallest absolute Gasteiger partial charge is 0.323 e. The van der Waals surface area contributed by atoms with Crippen molar-refractivity contribution in [3.8, 4) is 11.1 Å². The fourth-order valence-corrected chi connectivity index (χ4v) is 4.01. The van der Waals surface area contributed by atoms with Gasteiger partial charge in [0.25, 0.3) is 5.56 Å². The molecule has 206 valence electrons. The second-order valence-electron chi connectivity index (χ2n) is 10.7. The molecule has 12 heteroatoms. The van der Waals surface area contributed by atoms with Crippen LogP contribution in [0.5, 0.6) is 0 Å². The number of amides is 2. The van der Waals surface area contributed by atoms with Gasteiger partial charge >= 0.3 is 6.03 Å². The van der Waals surface area contributed by atoms with Gasteiger partial charge in [0.05, 0.1) is 23.1 Å². The van der Waals surface area contributed by atoms with Gasteiger partial charge in [0.2, 0.25) is 5.95 Å². The van der Waals surface area contributed by atoms with Crippen LogP contribution < -0.4 is 21.5 Å². The van der Waals surface area contributed by atoms with Gasteiger partial charge in [-0.2, -0.15) is 10.1 Å². The van der Waals surface area contributed by atoms with Gasteiger partial charge in [-0.25, -0.2) is 14.2 Å². The van der Waals surface area contributed by atoms with Gasteiger partial charge in [0, 0.05) is 43.5 Å². The monoisotopic (exact) mass is 535 g/mol. The molecule has 0 bridgehead atoms. The summed E-state index contributed by atoms with van der Waals surface area (Å²) in [6, 6.07) is 3.81. The Morgan fingerprint density at radius 1 is 1.10 bits per heavy atom. The van der Waals surface area contributed by atoms with E-state index in [9.17, 15) is 14.0 Å². The Morgan fingerprint density at radius 2 is 1.85 bits per heavy atom. The molecule has 39 heavy (non-hydrogen) atoms. The molecule has 3 N–H and O–H groups in total. The Kier molecular flexibility index (Phi) is 7.68. The van der Waals surface area contributed by atoms with Crippen LogP contribution in [0.15, 0.2) is 41.6 Å². The summed E-state index contributed by atoms with van der Waals surface area (Å²) in [5.74, 6) is -0.193. The maximum absolute atomic E-state index is 14.9. The van der Waals surface area contributed by atoms with E-state index in [1.54, 1.807) is 37.1 Å². The molecule has 1 aromatic carbocycles. The highest BCUT2D eigenvalue weighted by molar-refractivity contribution is 6.00. The van der Waals surface area contributed by atoms with Crippen molar-refractivity contribution in [3.05, 3.63) is 58.5 Å². The molecule has 0 fully saturated rings. The largest absolute Gasteiger partial charge is 0.353 e. The summed E-state index contributed by atoms with van der Waals surface area (Å²) >= 11 is 0. The van der Waals surface area contributed by atoms with E-state index in [4.69, 9.17) is 0 Å². The number of nitrogens with one attached hydrogen (secondary N) is 3. The Labute approximate surface area is 226 Å². The molecule has 0 saturated heterocycles. The number of carbonyl (C=O) groups is 1. The van der Waals surface area contributed by atoms with Gasteiger partial charge < -0.3 is 20.9 Å². The molecular formula is C27H34FN9O2. The van der Waals surface area contributed by atoms with Crippen molar-refractivity contribution in [1.82, 2.24) is 29.2 Å². The summed E-state index contributed by atoms with van der Waals surface area (Å²) in [6.07, 6.45) is 4.86. The van der Waals surface area contributed by atoms with Crippen molar-refractivity contribution in [2.45, 2.75) is 33.2 Å². The predicted octanol–water partition coefficient (Wildman–Crippen LogP) is 4.01. The Hall–Kier alpha value is -4.32. The summed E-state index contributed by atoms with van der Waals surface area (Å²) in [4.78, 5) is 36.9. The number of halogens is 1. The number of hydrogen-bond acceptors (Lipinski definition) is 7. The summed E-state index contributed by atoms with van der Waals surface area (Å²) in [6.45, 7) is 9.12. The highest BCUT2D eigenvalue weighted by Gasteiger charge is 2.18. The zero-order valence-electron chi connectivity index (χ0n) is 23.3. The first-order chi connectivity index (χ1) is 18.3. The zero-order chi connectivity index (χ0) is 28.5. The molecule has 4 rings (SSSR count). The second-order valence-corrected chi connectivity index (χ2v) is 10.7. The third-order valence-corrected chi connectivity index (χ3v) is 6.17. The minimum atomic E-state index is -0.633.